The fourth-order valence-corrected chi connectivity index (χ4v) is 4.26. The van der Waals surface area contributed by atoms with Crippen LogP contribution in [0.4, 0.5) is 5.69 Å². The van der Waals surface area contributed by atoms with Crippen LogP contribution >= 0.6 is 0 Å². The van der Waals surface area contributed by atoms with Crippen molar-refractivity contribution in [3.05, 3.63) is 89.7 Å². The number of imidazole rings is 1. The van der Waals surface area contributed by atoms with Gasteiger partial charge in [-0.25, -0.2) is 9.98 Å². The molecule has 0 aliphatic carbocycles. The highest BCUT2D eigenvalue weighted by atomic mass is 16.7. The third-order valence-electron chi connectivity index (χ3n) is 5.98. The van der Waals surface area contributed by atoms with Gasteiger partial charge in [-0.1, -0.05) is 6.07 Å². The maximum absolute atomic E-state index is 10.9. The van der Waals surface area contributed by atoms with E-state index in [1.807, 2.05) is 66.3 Å². The molecule has 2 aromatic heterocycles. The summed E-state index contributed by atoms with van der Waals surface area (Å²) in [6, 6.07) is 20.7. The number of fused-ring (bicyclic) bond motifs is 2. The van der Waals surface area contributed by atoms with E-state index in [9.17, 15) is 10.4 Å². The Balaban J connectivity index is 1.52. The summed E-state index contributed by atoms with van der Waals surface area (Å²) in [6.45, 7) is 0.162. The van der Waals surface area contributed by atoms with Crippen molar-refractivity contribution in [2.24, 2.45) is 12.0 Å². The number of hydrogen-bond acceptors (Lipinski definition) is 6. The minimum atomic E-state index is -0.0314. The molecule has 0 bridgehead atoms. The van der Waals surface area contributed by atoms with Gasteiger partial charge in [0.25, 0.3) is 0 Å². The van der Waals surface area contributed by atoms with Crippen molar-refractivity contribution >= 4 is 22.3 Å². The minimum Gasteiger partial charge on any atom is -0.494 e. The molecule has 0 radical (unpaired) electrons. The lowest BCUT2D eigenvalue weighted by molar-refractivity contribution is 0.174. The average molecular weight is 461 g/mol. The third-order valence-corrected chi connectivity index (χ3v) is 5.98. The van der Waals surface area contributed by atoms with Gasteiger partial charge in [0.2, 0.25) is 6.79 Å². The summed E-state index contributed by atoms with van der Waals surface area (Å²) in [7, 11) is 1.95. The molecular weight excluding hydrogens is 442 g/mol. The molecule has 8 heteroatoms. The lowest BCUT2D eigenvalue weighted by Crippen LogP contribution is -2.03. The molecule has 6 rings (SSSR count). The fourth-order valence-electron chi connectivity index (χ4n) is 4.26. The first-order valence-electron chi connectivity index (χ1n) is 10.9. The summed E-state index contributed by atoms with van der Waals surface area (Å²) in [5, 5.41) is 20.9. The second-order valence-corrected chi connectivity index (χ2v) is 8.16. The molecule has 35 heavy (non-hydrogen) atoms. The largest absolute Gasteiger partial charge is 0.494 e. The van der Waals surface area contributed by atoms with Crippen LogP contribution in [0.3, 0.4) is 0 Å². The van der Waals surface area contributed by atoms with Crippen LogP contribution in [-0.4, -0.2) is 32.1 Å². The van der Waals surface area contributed by atoms with E-state index in [2.05, 4.69) is 16.0 Å². The number of nitrogens with zero attached hydrogens (tertiary/aromatic N) is 4. The van der Waals surface area contributed by atoms with Crippen molar-refractivity contribution in [2.75, 3.05) is 6.79 Å². The monoisotopic (exact) mass is 461 g/mol. The average Bonchev–Trinajstić information content (AvgIpc) is 3.60. The summed E-state index contributed by atoms with van der Waals surface area (Å²) in [6.07, 6.45) is 3.66. The molecule has 3 heterocycles. The Morgan fingerprint density at radius 1 is 1.09 bits per heavy atom. The van der Waals surface area contributed by atoms with Gasteiger partial charge < -0.3 is 24.1 Å². The molecule has 0 spiro atoms. The van der Waals surface area contributed by atoms with Gasteiger partial charge in [0.15, 0.2) is 17.4 Å². The van der Waals surface area contributed by atoms with Crippen LogP contribution in [-0.2, 0) is 7.05 Å². The zero-order valence-corrected chi connectivity index (χ0v) is 18.7. The summed E-state index contributed by atoms with van der Waals surface area (Å²) < 4.78 is 13.0. The predicted octanol–water partition coefficient (Wildman–Crippen LogP) is 5.04. The number of aromatic amines is 1. The summed E-state index contributed by atoms with van der Waals surface area (Å²) in [5.41, 5.74) is 4.67. The van der Waals surface area contributed by atoms with Crippen molar-refractivity contribution in [3.63, 3.8) is 0 Å². The quantitative estimate of drug-likeness (QED) is 0.364. The van der Waals surface area contributed by atoms with Crippen LogP contribution in [0.2, 0.25) is 0 Å². The number of aromatic nitrogens is 3. The molecule has 2 N–H and O–H groups in total. The predicted molar refractivity (Wildman–Crippen MR) is 131 cm³/mol. The van der Waals surface area contributed by atoms with Crippen LogP contribution < -0.4 is 9.47 Å². The van der Waals surface area contributed by atoms with E-state index in [1.165, 1.54) is 0 Å². The van der Waals surface area contributed by atoms with Gasteiger partial charge >= 0.3 is 0 Å². The normalized spacial score (nSPS) is 12.7. The lowest BCUT2D eigenvalue weighted by Gasteiger charge is -2.09. The molecule has 8 nitrogen and oxygen atoms in total. The number of hydrogen-bond donors (Lipinski definition) is 2. The molecule has 1 aliphatic rings. The molecule has 0 amide bonds. The zero-order chi connectivity index (χ0) is 23.9. The number of benzene rings is 3. The minimum absolute atomic E-state index is 0.0314. The molecule has 1 aliphatic heterocycles. The van der Waals surface area contributed by atoms with E-state index in [1.54, 1.807) is 18.3 Å². The second-order valence-electron chi connectivity index (χ2n) is 8.16. The van der Waals surface area contributed by atoms with Crippen LogP contribution in [0.1, 0.15) is 16.7 Å². The van der Waals surface area contributed by atoms with E-state index in [0.717, 1.165) is 22.3 Å². The zero-order valence-electron chi connectivity index (χ0n) is 18.7. The standard InChI is InChI=1S/C27H19N5O3/c1-32-11-10-29-26(32)17-3-6-19(7-4-17)30-25(18-5-9-22-23(13-18)35-15-34-22)24-20-8-2-16(14-28)12-21(20)31-27(24)33/h2-13,31,33H,15H2,1H3. The number of H-pyrrole nitrogens is 1. The Morgan fingerprint density at radius 3 is 2.69 bits per heavy atom. The Labute approximate surface area is 200 Å². The Hall–Kier alpha value is -5.03. The molecular formula is C27H19N5O3. The number of aromatic hydroxyl groups is 1. The van der Waals surface area contributed by atoms with E-state index in [4.69, 9.17) is 14.5 Å². The third kappa shape index (κ3) is 3.56. The highest BCUT2D eigenvalue weighted by Gasteiger charge is 2.22. The topological polar surface area (TPSA) is 108 Å². The van der Waals surface area contributed by atoms with E-state index < -0.39 is 0 Å². The van der Waals surface area contributed by atoms with Gasteiger partial charge in [-0.05, 0) is 54.6 Å². The van der Waals surface area contributed by atoms with Crippen molar-refractivity contribution in [2.45, 2.75) is 0 Å². The van der Waals surface area contributed by atoms with Crippen LogP contribution in [0, 0.1) is 11.3 Å². The summed E-state index contributed by atoms with van der Waals surface area (Å²) in [5.74, 6) is 2.11. The molecule has 0 fully saturated rings. The number of rotatable bonds is 4. The van der Waals surface area contributed by atoms with Crippen molar-refractivity contribution < 1.29 is 14.6 Å². The number of aryl methyl sites for hydroxylation is 1. The Bertz CT molecular complexity index is 1650. The van der Waals surface area contributed by atoms with Crippen LogP contribution in [0.25, 0.3) is 22.3 Å². The molecule has 0 saturated heterocycles. The maximum Gasteiger partial charge on any atom is 0.231 e. The summed E-state index contributed by atoms with van der Waals surface area (Å²) in [4.78, 5) is 12.3. The molecule has 0 saturated carbocycles. The first-order valence-corrected chi connectivity index (χ1v) is 10.9. The number of ether oxygens (including phenoxy) is 2. The number of aliphatic imine (C=N–C) groups is 1. The number of nitriles is 1. The van der Waals surface area contributed by atoms with Gasteiger partial charge in [-0.3, -0.25) is 0 Å². The van der Waals surface area contributed by atoms with Crippen LogP contribution in [0.15, 0.2) is 78.0 Å². The molecule has 0 atom stereocenters. The van der Waals surface area contributed by atoms with E-state index >= 15 is 0 Å². The van der Waals surface area contributed by atoms with Crippen molar-refractivity contribution in [3.8, 4) is 34.8 Å². The molecule has 0 unspecified atom stereocenters. The van der Waals surface area contributed by atoms with Gasteiger partial charge in [0, 0.05) is 36.0 Å². The molecule has 3 aromatic carbocycles. The molecule has 5 aromatic rings. The van der Waals surface area contributed by atoms with Gasteiger partial charge in [0.1, 0.15) is 5.82 Å². The van der Waals surface area contributed by atoms with Gasteiger partial charge in [-0.15, -0.1) is 0 Å². The Kier molecular flexibility index (Phi) is 4.75. The highest BCUT2D eigenvalue weighted by molar-refractivity contribution is 6.22. The molecule has 170 valence electrons. The first kappa shape index (κ1) is 20.6. The van der Waals surface area contributed by atoms with Crippen LogP contribution in [0.5, 0.6) is 17.4 Å². The Morgan fingerprint density at radius 2 is 1.91 bits per heavy atom. The SMILES string of the molecule is Cn1ccnc1-c1ccc(N=C(c2ccc3c(c2)OCO3)c2c(O)[nH]c3cc(C#N)ccc23)cc1. The smallest absolute Gasteiger partial charge is 0.231 e. The summed E-state index contributed by atoms with van der Waals surface area (Å²) >= 11 is 0. The maximum atomic E-state index is 10.9. The first-order chi connectivity index (χ1) is 17.1. The second kappa shape index (κ2) is 8.08. The highest BCUT2D eigenvalue weighted by Crippen LogP contribution is 2.37. The fraction of sp³-hybridized carbons (Fsp3) is 0.0741. The van der Waals surface area contributed by atoms with Gasteiger partial charge in [-0.2, -0.15) is 5.26 Å². The number of nitrogens with one attached hydrogen (secondary N) is 1. The van der Waals surface area contributed by atoms with E-state index in [-0.39, 0.29) is 12.7 Å². The van der Waals surface area contributed by atoms with E-state index in [0.29, 0.717) is 39.5 Å². The van der Waals surface area contributed by atoms with Crippen molar-refractivity contribution in [1.82, 2.24) is 14.5 Å². The van der Waals surface area contributed by atoms with Gasteiger partial charge in [0.05, 0.1) is 34.1 Å². The van der Waals surface area contributed by atoms with Crippen molar-refractivity contribution in [1.29, 1.82) is 5.26 Å². The lowest BCUT2D eigenvalue weighted by atomic mass is 9.99.